The monoisotopic (exact) mass is 272 g/mol. The summed E-state index contributed by atoms with van der Waals surface area (Å²) in [4.78, 5) is 15.4. The summed E-state index contributed by atoms with van der Waals surface area (Å²) in [6, 6.07) is 0. The van der Waals surface area contributed by atoms with Crippen LogP contribution in [0.3, 0.4) is 0 Å². The summed E-state index contributed by atoms with van der Waals surface area (Å²) in [6.07, 6.45) is 0.853. The Kier molecular flexibility index (Phi) is 4.15. The summed E-state index contributed by atoms with van der Waals surface area (Å²) in [5.74, 6) is -0.426. The lowest BCUT2D eigenvalue weighted by Crippen LogP contribution is -2.39. The Morgan fingerprint density at radius 1 is 1.67 bits per heavy atom. The molecule has 0 saturated carbocycles. The first kappa shape index (κ1) is 13.3. The van der Waals surface area contributed by atoms with Gasteiger partial charge in [-0.25, -0.2) is 9.78 Å². The minimum absolute atomic E-state index is 0.295. The molecule has 1 unspecified atom stereocenters. The second kappa shape index (κ2) is 5.64. The number of thiazole rings is 1. The van der Waals surface area contributed by atoms with E-state index < -0.39 is 5.97 Å². The third kappa shape index (κ3) is 2.80. The molecule has 1 aliphatic heterocycles. The molecule has 7 heteroatoms. The van der Waals surface area contributed by atoms with Gasteiger partial charge in [0.2, 0.25) is 0 Å². The largest absolute Gasteiger partial charge is 0.464 e. The maximum atomic E-state index is 11.3. The number of carbonyl (C=O) groups is 1. The second-order valence-electron chi connectivity index (χ2n) is 4.07. The summed E-state index contributed by atoms with van der Waals surface area (Å²) in [5, 5.41) is 5.52. The number of carbonyl (C=O) groups excluding carboxylic acids is 1. The van der Waals surface area contributed by atoms with E-state index in [0.29, 0.717) is 30.6 Å². The Hall–Kier alpha value is -1.18. The van der Waals surface area contributed by atoms with Crippen LogP contribution in [0.5, 0.6) is 0 Å². The van der Waals surface area contributed by atoms with E-state index in [9.17, 15) is 4.79 Å². The number of anilines is 1. The maximum Gasteiger partial charge on any atom is 0.357 e. The summed E-state index contributed by atoms with van der Waals surface area (Å²) < 4.78 is 15.4. The van der Waals surface area contributed by atoms with Gasteiger partial charge < -0.3 is 19.5 Å². The molecule has 18 heavy (non-hydrogen) atoms. The quantitative estimate of drug-likeness (QED) is 0.811. The minimum Gasteiger partial charge on any atom is -0.464 e. The van der Waals surface area contributed by atoms with Gasteiger partial charge >= 0.3 is 5.97 Å². The van der Waals surface area contributed by atoms with Gasteiger partial charge in [0.15, 0.2) is 10.8 Å². The van der Waals surface area contributed by atoms with Crippen molar-refractivity contribution in [3.63, 3.8) is 0 Å². The van der Waals surface area contributed by atoms with Crippen molar-refractivity contribution < 1.29 is 19.0 Å². The average molecular weight is 272 g/mol. The number of rotatable bonds is 5. The van der Waals surface area contributed by atoms with Crippen molar-refractivity contribution in [2.75, 3.05) is 39.3 Å². The van der Waals surface area contributed by atoms with Crippen molar-refractivity contribution in [1.29, 1.82) is 0 Å². The lowest BCUT2D eigenvalue weighted by molar-refractivity contribution is -0.00620. The molecule has 6 nitrogen and oxygen atoms in total. The van der Waals surface area contributed by atoms with Crippen molar-refractivity contribution in [1.82, 2.24) is 4.98 Å². The number of aromatic nitrogens is 1. The highest BCUT2D eigenvalue weighted by Crippen LogP contribution is 2.24. The van der Waals surface area contributed by atoms with E-state index in [1.54, 1.807) is 12.5 Å². The summed E-state index contributed by atoms with van der Waals surface area (Å²) in [5.41, 5.74) is 0.0241. The van der Waals surface area contributed by atoms with Crippen molar-refractivity contribution in [3.05, 3.63) is 11.1 Å². The third-order valence-corrected chi connectivity index (χ3v) is 3.76. The lowest BCUT2D eigenvalue weighted by Gasteiger charge is -2.25. The Morgan fingerprint density at radius 2 is 2.50 bits per heavy atom. The van der Waals surface area contributed by atoms with Crippen LogP contribution in [0.1, 0.15) is 16.9 Å². The first-order chi connectivity index (χ1) is 8.69. The summed E-state index contributed by atoms with van der Waals surface area (Å²) in [7, 11) is 3.02. The zero-order valence-corrected chi connectivity index (χ0v) is 11.2. The van der Waals surface area contributed by atoms with Crippen LogP contribution in [-0.2, 0) is 14.2 Å². The second-order valence-corrected chi connectivity index (χ2v) is 4.93. The highest BCUT2D eigenvalue weighted by molar-refractivity contribution is 7.13. The van der Waals surface area contributed by atoms with E-state index in [0.717, 1.165) is 6.42 Å². The fraction of sp³-hybridized carbons (Fsp3) is 0.636. The van der Waals surface area contributed by atoms with Crippen LogP contribution in [0, 0.1) is 0 Å². The number of nitrogens with zero attached hydrogens (tertiary/aromatic N) is 1. The first-order valence-corrected chi connectivity index (χ1v) is 6.48. The van der Waals surface area contributed by atoms with Crippen molar-refractivity contribution in [2.45, 2.75) is 12.0 Å². The molecule has 0 bridgehead atoms. The molecule has 1 aromatic rings. The molecule has 0 aromatic carbocycles. The van der Waals surface area contributed by atoms with E-state index in [-0.39, 0.29) is 5.60 Å². The fourth-order valence-electron chi connectivity index (χ4n) is 1.75. The van der Waals surface area contributed by atoms with Crippen LogP contribution in [0.15, 0.2) is 5.38 Å². The predicted octanol–water partition coefficient (Wildman–Crippen LogP) is 1.15. The number of ether oxygens (including phenoxy) is 3. The minimum atomic E-state index is -0.426. The molecule has 0 radical (unpaired) electrons. The molecular formula is C11H16N2O4S. The van der Waals surface area contributed by atoms with Crippen molar-refractivity contribution in [3.8, 4) is 0 Å². The van der Waals surface area contributed by atoms with E-state index in [2.05, 4.69) is 15.0 Å². The third-order valence-electron chi connectivity index (χ3n) is 2.96. The smallest absolute Gasteiger partial charge is 0.357 e. The Balaban J connectivity index is 1.93. The van der Waals surface area contributed by atoms with Crippen LogP contribution in [0.4, 0.5) is 5.13 Å². The normalized spacial score (nSPS) is 23.0. The van der Waals surface area contributed by atoms with Gasteiger partial charge in [0.05, 0.1) is 13.7 Å². The molecule has 1 aliphatic rings. The summed E-state index contributed by atoms with van der Waals surface area (Å²) >= 11 is 1.37. The summed E-state index contributed by atoms with van der Waals surface area (Å²) in [6.45, 7) is 1.89. The van der Waals surface area contributed by atoms with Crippen LogP contribution in [-0.4, -0.2) is 50.5 Å². The Morgan fingerprint density at radius 3 is 3.11 bits per heavy atom. The van der Waals surface area contributed by atoms with Gasteiger partial charge in [-0.1, -0.05) is 0 Å². The van der Waals surface area contributed by atoms with Gasteiger partial charge in [-0.05, 0) is 0 Å². The highest BCUT2D eigenvalue weighted by atomic mass is 32.1. The number of methoxy groups -OCH3 is 2. The van der Waals surface area contributed by atoms with E-state index >= 15 is 0 Å². The van der Waals surface area contributed by atoms with Gasteiger partial charge in [0, 0.05) is 32.1 Å². The van der Waals surface area contributed by atoms with Crippen LogP contribution < -0.4 is 5.32 Å². The molecule has 2 rings (SSSR count). The lowest BCUT2D eigenvalue weighted by atomic mass is 10.0. The zero-order chi connectivity index (χ0) is 13.0. The van der Waals surface area contributed by atoms with Gasteiger partial charge in [0.25, 0.3) is 0 Å². The maximum absolute atomic E-state index is 11.3. The van der Waals surface area contributed by atoms with Gasteiger partial charge in [0.1, 0.15) is 5.60 Å². The molecule has 1 aromatic heterocycles. The molecule has 2 heterocycles. The fourth-order valence-corrected chi connectivity index (χ4v) is 2.43. The SMILES string of the molecule is COC(=O)c1csc(NCC2(OC)CCOC2)n1. The van der Waals surface area contributed by atoms with Crippen molar-refractivity contribution in [2.24, 2.45) is 0 Å². The number of hydrogen-bond donors (Lipinski definition) is 1. The molecule has 100 valence electrons. The molecule has 0 aliphatic carbocycles. The molecule has 0 spiro atoms. The average Bonchev–Trinajstić information content (AvgIpc) is 3.05. The molecule has 0 amide bonds. The molecule has 1 N–H and O–H groups in total. The van der Waals surface area contributed by atoms with E-state index in [4.69, 9.17) is 9.47 Å². The molecule has 1 saturated heterocycles. The number of nitrogens with one attached hydrogen (secondary N) is 1. The Labute approximate surface area is 109 Å². The zero-order valence-electron chi connectivity index (χ0n) is 10.4. The molecular weight excluding hydrogens is 256 g/mol. The number of hydrogen-bond acceptors (Lipinski definition) is 7. The van der Waals surface area contributed by atoms with Gasteiger partial charge in [-0.3, -0.25) is 0 Å². The van der Waals surface area contributed by atoms with E-state index in [1.165, 1.54) is 18.4 Å². The van der Waals surface area contributed by atoms with Crippen LogP contribution >= 0.6 is 11.3 Å². The molecule has 1 atom stereocenters. The Bertz CT molecular complexity index is 415. The first-order valence-electron chi connectivity index (χ1n) is 5.60. The van der Waals surface area contributed by atoms with E-state index in [1.807, 2.05) is 0 Å². The van der Waals surface area contributed by atoms with Crippen molar-refractivity contribution >= 4 is 22.4 Å². The highest BCUT2D eigenvalue weighted by Gasteiger charge is 2.34. The predicted molar refractivity (Wildman–Crippen MR) is 67.1 cm³/mol. The molecule has 1 fully saturated rings. The van der Waals surface area contributed by atoms with Crippen LogP contribution in [0.2, 0.25) is 0 Å². The van der Waals surface area contributed by atoms with Crippen LogP contribution in [0.25, 0.3) is 0 Å². The van der Waals surface area contributed by atoms with Gasteiger partial charge in [-0.15, -0.1) is 11.3 Å². The van der Waals surface area contributed by atoms with Gasteiger partial charge in [-0.2, -0.15) is 0 Å². The number of esters is 1. The standard InChI is InChI=1S/C11H16N2O4S/c1-15-9(14)8-5-18-10(13-8)12-6-11(16-2)3-4-17-7-11/h5H,3-4,6-7H2,1-2H3,(H,12,13). The topological polar surface area (TPSA) is 69.7 Å².